The Labute approximate surface area is 367 Å². The molecular weight excluding hydrogens is 805 g/mol. The summed E-state index contributed by atoms with van der Waals surface area (Å²) < 4.78 is 0. The van der Waals surface area contributed by atoms with Crippen molar-refractivity contribution in [3.05, 3.63) is 0 Å². The molecule has 0 aromatic carbocycles. The van der Waals surface area contributed by atoms with Crippen molar-refractivity contribution in [1.82, 2.24) is 31.9 Å². The van der Waals surface area contributed by atoms with E-state index in [2.05, 4.69) is 31.9 Å². The van der Waals surface area contributed by atoms with Gasteiger partial charge in [0.25, 0.3) is 0 Å². The first-order valence-corrected chi connectivity index (χ1v) is 25.6. The van der Waals surface area contributed by atoms with Crippen molar-refractivity contribution >= 4 is 59.3 Å². The summed E-state index contributed by atoms with van der Waals surface area (Å²) >= 11 is 3.78. The van der Waals surface area contributed by atoms with Gasteiger partial charge in [-0.05, 0) is 51.4 Å². The summed E-state index contributed by atoms with van der Waals surface area (Å²) in [6.07, 6.45) is 23.7. The van der Waals surface area contributed by atoms with Crippen molar-refractivity contribution in [2.45, 2.75) is 214 Å². The van der Waals surface area contributed by atoms with Gasteiger partial charge in [0.1, 0.15) is 0 Å². The minimum Gasteiger partial charge on any atom is -0.481 e. The fraction of sp³-hybridized carbons (Fsp3) is 0.864. The van der Waals surface area contributed by atoms with Crippen LogP contribution in [0.2, 0.25) is 0 Å². The number of carboxylic acids is 2. The smallest absolute Gasteiger partial charge is 0.315 e. The van der Waals surface area contributed by atoms with Crippen molar-refractivity contribution in [2.75, 3.05) is 18.1 Å². The molecule has 0 aromatic heterocycles. The first-order chi connectivity index (χ1) is 29.1. The van der Waals surface area contributed by atoms with E-state index in [4.69, 9.17) is 5.11 Å². The summed E-state index contributed by atoms with van der Waals surface area (Å²) in [7, 11) is 0. The first-order valence-electron chi connectivity index (χ1n) is 23.5. The molecule has 342 valence electrons. The summed E-state index contributed by atoms with van der Waals surface area (Å²) in [4.78, 5) is 72.0. The van der Waals surface area contributed by atoms with E-state index in [-0.39, 0.29) is 54.5 Å². The topological polar surface area (TPSA) is 215 Å². The van der Waals surface area contributed by atoms with Crippen LogP contribution < -0.4 is 31.9 Å². The highest BCUT2D eigenvalue weighted by atomic mass is 32.2. The number of aliphatic carboxylic acids is 2. The third-order valence-electron chi connectivity index (χ3n) is 12.7. The highest BCUT2D eigenvalue weighted by molar-refractivity contribution is 8.00. The van der Waals surface area contributed by atoms with Crippen LogP contribution >= 0.6 is 23.5 Å². The van der Waals surface area contributed by atoms with Crippen molar-refractivity contribution < 1.29 is 39.0 Å². The Bertz CT molecular complexity index is 1350. The summed E-state index contributed by atoms with van der Waals surface area (Å²) in [5.74, 6) is -0.282. The number of amides is 6. The molecule has 0 spiro atoms. The Morgan fingerprint density at radius 2 is 1.00 bits per heavy atom. The van der Waals surface area contributed by atoms with Crippen LogP contribution in [0.25, 0.3) is 0 Å². The molecule has 8 N–H and O–H groups in total. The zero-order valence-corrected chi connectivity index (χ0v) is 37.6. The van der Waals surface area contributed by atoms with Crippen LogP contribution in [-0.4, -0.2) is 105 Å². The van der Waals surface area contributed by atoms with Crippen molar-refractivity contribution in [1.29, 1.82) is 0 Å². The van der Waals surface area contributed by atoms with E-state index < -0.39 is 23.9 Å². The van der Waals surface area contributed by atoms with Gasteiger partial charge >= 0.3 is 24.0 Å². The van der Waals surface area contributed by atoms with Crippen LogP contribution in [0.3, 0.4) is 0 Å². The number of carboxylic acid groups (broad SMARTS) is 2. The molecule has 8 atom stereocenters. The molecule has 4 rings (SSSR count). The van der Waals surface area contributed by atoms with Gasteiger partial charge in [-0.2, -0.15) is 23.5 Å². The second-order valence-corrected chi connectivity index (χ2v) is 20.1. The van der Waals surface area contributed by atoms with Gasteiger partial charge in [0, 0.05) is 53.9 Å². The lowest BCUT2D eigenvalue weighted by Gasteiger charge is -2.25. The summed E-state index contributed by atoms with van der Waals surface area (Å²) in [6.45, 7) is 0.711. The molecule has 3 unspecified atom stereocenters. The maximum Gasteiger partial charge on any atom is 0.315 e. The molecule has 4 heterocycles. The normalized spacial score (nSPS) is 23.8. The Morgan fingerprint density at radius 3 is 1.52 bits per heavy atom. The number of nitrogens with one attached hydrogen (secondary N) is 6. The van der Waals surface area contributed by atoms with Gasteiger partial charge < -0.3 is 42.1 Å². The van der Waals surface area contributed by atoms with E-state index in [1.807, 2.05) is 23.5 Å². The fourth-order valence-corrected chi connectivity index (χ4v) is 12.4. The van der Waals surface area contributed by atoms with Gasteiger partial charge in [0.2, 0.25) is 11.8 Å². The molecule has 4 aliphatic heterocycles. The second-order valence-electron chi connectivity index (χ2n) is 17.6. The predicted molar refractivity (Wildman–Crippen MR) is 239 cm³/mol. The molecule has 16 heteroatoms. The van der Waals surface area contributed by atoms with Gasteiger partial charge in [0.15, 0.2) is 0 Å². The largest absolute Gasteiger partial charge is 0.481 e. The second kappa shape index (κ2) is 28.7. The number of urea groups is 2. The number of carbonyl (C=O) groups is 6. The molecule has 4 fully saturated rings. The zero-order chi connectivity index (χ0) is 43.0. The van der Waals surface area contributed by atoms with Crippen LogP contribution in [0.5, 0.6) is 0 Å². The van der Waals surface area contributed by atoms with Crippen LogP contribution in [0.15, 0.2) is 0 Å². The van der Waals surface area contributed by atoms with E-state index in [9.17, 15) is 33.9 Å². The Kier molecular flexibility index (Phi) is 23.8. The quantitative estimate of drug-likeness (QED) is 0.0236. The van der Waals surface area contributed by atoms with E-state index in [0.29, 0.717) is 42.7 Å². The van der Waals surface area contributed by atoms with Crippen LogP contribution in [0.1, 0.15) is 173 Å². The van der Waals surface area contributed by atoms with E-state index in [1.165, 1.54) is 0 Å². The lowest BCUT2D eigenvalue weighted by Crippen LogP contribution is -2.43. The third-order valence-corrected chi connectivity index (χ3v) is 15.7. The minimum atomic E-state index is -0.840. The molecule has 0 aliphatic carbocycles. The number of hydrogen-bond acceptors (Lipinski definition) is 8. The SMILES string of the molecule is O=C(O)CCCCCCCCCCC(NC(=O)CCCCC1SC[C@@H]2NC(=O)N[C@H]12)C(CCCCCCCCCCNC(=O)CCCC[C@@H]1SC[C@@H]2NC(=O)N[C@@H]21)C(=O)O. The van der Waals surface area contributed by atoms with Gasteiger partial charge in [-0.3, -0.25) is 19.2 Å². The van der Waals surface area contributed by atoms with Crippen LogP contribution in [0.4, 0.5) is 9.59 Å². The average Bonchev–Trinajstić information content (AvgIpc) is 3.97. The molecule has 4 saturated heterocycles. The lowest BCUT2D eigenvalue weighted by atomic mass is 9.89. The van der Waals surface area contributed by atoms with Crippen LogP contribution in [0, 0.1) is 5.92 Å². The van der Waals surface area contributed by atoms with E-state index >= 15 is 0 Å². The zero-order valence-electron chi connectivity index (χ0n) is 36.0. The molecule has 0 aromatic rings. The Hall–Kier alpha value is -2.88. The molecule has 60 heavy (non-hydrogen) atoms. The van der Waals surface area contributed by atoms with Gasteiger partial charge in [-0.15, -0.1) is 0 Å². The average molecular weight is 881 g/mol. The lowest BCUT2D eigenvalue weighted by molar-refractivity contribution is -0.143. The van der Waals surface area contributed by atoms with E-state index in [0.717, 1.165) is 153 Å². The fourth-order valence-electron chi connectivity index (χ4n) is 9.27. The molecule has 0 saturated carbocycles. The number of fused-ring (bicyclic) bond motifs is 2. The van der Waals surface area contributed by atoms with Crippen molar-refractivity contribution in [2.24, 2.45) is 5.92 Å². The minimum absolute atomic E-state index is 0.0589. The van der Waals surface area contributed by atoms with Gasteiger partial charge in [-0.25, -0.2) is 9.59 Å². The predicted octanol–water partition coefficient (Wildman–Crippen LogP) is 7.24. The summed E-state index contributed by atoms with van der Waals surface area (Å²) in [5.41, 5.74) is 0. The number of thioether (sulfide) groups is 2. The standard InChI is InChI=1S/C44H76N6O8S2/c51-37(25-18-16-23-35-40-33(29-59-35)47-43(57)49-40)45-28-20-12-8-4-3-5-9-13-21-31(42(55)56)32(22-14-10-6-1-2-7-11-15-27-39(53)54)46-38(52)26-19-17-24-36-41-34(30-60-36)48-44(58)50-41/h31-36,40-41H,1-30H2,(H,45,51)(H,46,52)(H,53,54)(H,55,56)(H2,47,49,57)(H2,48,50,58)/t31?,32?,33-,34-,35-,36?,40-,41-/m0/s1. The van der Waals surface area contributed by atoms with Gasteiger partial charge in [-0.1, -0.05) is 103 Å². The molecule has 0 bridgehead atoms. The monoisotopic (exact) mass is 881 g/mol. The third kappa shape index (κ3) is 19.0. The molecule has 0 radical (unpaired) electrons. The number of rotatable bonds is 35. The Balaban J connectivity index is 1.04. The maximum absolute atomic E-state index is 13.2. The molecule has 6 amide bonds. The highest BCUT2D eigenvalue weighted by Gasteiger charge is 2.43. The summed E-state index contributed by atoms with van der Waals surface area (Å²) in [6, 6.07) is 0.256. The van der Waals surface area contributed by atoms with E-state index in [1.54, 1.807) is 0 Å². The summed E-state index contributed by atoms with van der Waals surface area (Å²) in [5, 5.41) is 38.1. The Morgan fingerprint density at radius 1 is 0.550 bits per heavy atom. The molecular formula is C44H76N6O8S2. The number of hydrogen-bond donors (Lipinski definition) is 8. The first kappa shape index (κ1) is 49.8. The van der Waals surface area contributed by atoms with Crippen molar-refractivity contribution in [3.63, 3.8) is 0 Å². The highest BCUT2D eigenvalue weighted by Crippen LogP contribution is 2.34. The van der Waals surface area contributed by atoms with Crippen molar-refractivity contribution in [3.8, 4) is 0 Å². The maximum atomic E-state index is 13.2. The number of carbonyl (C=O) groups excluding carboxylic acids is 4. The van der Waals surface area contributed by atoms with Crippen LogP contribution in [-0.2, 0) is 19.2 Å². The molecule has 4 aliphatic rings. The number of unbranched alkanes of at least 4 members (excludes halogenated alkanes) is 16. The van der Waals surface area contributed by atoms with Gasteiger partial charge in [0.05, 0.1) is 30.1 Å². The molecule has 14 nitrogen and oxygen atoms in total.